The van der Waals surface area contributed by atoms with Gasteiger partial charge in [-0.1, -0.05) is 46.3 Å². The number of ketones is 1. The summed E-state index contributed by atoms with van der Waals surface area (Å²) in [7, 11) is 0. The number of hydrogen-bond acceptors (Lipinski definition) is 6. The van der Waals surface area contributed by atoms with Gasteiger partial charge in [0.1, 0.15) is 0 Å². The average molecular weight is 712 g/mol. The van der Waals surface area contributed by atoms with Crippen molar-refractivity contribution in [1.29, 1.82) is 0 Å². The first-order valence-corrected chi connectivity index (χ1v) is 13.1. The third-order valence-corrected chi connectivity index (χ3v) is 7.16. The molecule has 39 heavy (non-hydrogen) atoms. The van der Waals surface area contributed by atoms with Gasteiger partial charge in [-0.2, -0.15) is 0 Å². The molecule has 0 atom stereocenters. The van der Waals surface area contributed by atoms with Crippen LogP contribution < -0.4 is 0 Å². The van der Waals surface area contributed by atoms with E-state index in [1.165, 1.54) is 46.2 Å². The fourth-order valence-electron chi connectivity index (χ4n) is 4.53. The van der Waals surface area contributed by atoms with E-state index in [1.807, 2.05) is 31.3 Å². The maximum Gasteiger partial charge on any atom is 0.216 e. The summed E-state index contributed by atoms with van der Waals surface area (Å²) in [5.41, 5.74) is 7.93. The third kappa shape index (κ3) is 6.17. The molecule has 4 aromatic heterocycles. The molecule has 5 nitrogen and oxygen atoms in total. The van der Waals surface area contributed by atoms with Gasteiger partial charge in [0.05, 0.1) is 11.3 Å². The van der Waals surface area contributed by atoms with E-state index in [2.05, 4.69) is 61.3 Å². The van der Waals surface area contributed by atoms with Gasteiger partial charge in [-0.3, -0.25) is 4.79 Å². The van der Waals surface area contributed by atoms with Gasteiger partial charge in [0.25, 0.3) is 0 Å². The maximum atomic E-state index is 10.0. The van der Waals surface area contributed by atoms with E-state index in [4.69, 9.17) is 14.5 Å². The van der Waals surface area contributed by atoms with Gasteiger partial charge in [0, 0.05) is 58.4 Å². The fraction of sp³-hybridized carbons (Fsp3) is 0.156. The Morgan fingerprint density at radius 1 is 1.00 bits per heavy atom. The molecule has 0 aliphatic rings. The van der Waals surface area contributed by atoms with Gasteiger partial charge < -0.3 is 14.5 Å². The predicted molar refractivity (Wildman–Crippen MR) is 156 cm³/mol. The number of benzene rings is 2. The number of aromatic nitrogens is 2. The summed E-state index contributed by atoms with van der Waals surface area (Å²) in [4.78, 5) is 20.6. The molecule has 0 bridgehead atoms. The molecule has 6 aromatic rings. The van der Waals surface area contributed by atoms with Crippen molar-refractivity contribution in [2.24, 2.45) is 0 Å². The monoisotopic (exact) mass is 712 g/mol. The molecule has 0 spiro atoms. The second-order valence-corrected chi connectivity index (χ2v) is 10.6. The standard InChI is InChI=1S/C27H19N2OS.C5H8O2.Ir/c1-15-9-16(2)11-18(10-15)24-12-19-14-28-23(13-25(19)31-24)22-6-4-5-20-21-8-7-17(3)29-27(21)30-26(20)22;1-4(6)3-5(2)7;/h4-5,7-14H,1-3H3;3,6H,1-2H3;/q-1;;/b;4-3-;. The minimum absolute atomic E-state index is 0. The van der Waals surface area contributed by atoms with Gasteiger partial charge >= 0.3 is 0 Å². The smallest absolute Gasteiger partial charge is 0.216 e. The second-order valence-electron chi connectivity index (χ2n) is 9.49. The van der Waals surface area contributed by atoms with Crippen LogP contribution >= 0.6 is 11.3 Å². The molecule has 0 saturated heterocycles. The summed E-state index contributed by atoms with van der Waals surface area (Å²) in [5.74, 6) is -0.0625. The summed E-state index contributed by atoms with van der Waals surface area (Å²) in [5, 5.41) is 11.6. The van der Waals surface area contributed by atoms with Crippen molar-refractivity contribution in [2.45, 2.75) is 34.6 Å². The molecule has 2 aromatic carbocycles. The van der Waals surface area contributed by atoms with Crippen LogP contribution in [-0.4, -0.2) is 20.9 Å². The number of fused-ring (bicyclic) bond motifs is 4. The number of furan rings is 1. The molecule has 6 rings (SSSR count). The van der Waals surface area contributed by atoms with Crippen LogP contribution in [0.2, 0.25) is 0 Å². The number of carbonyl (C=O) groups is 1. The van der Waals surface area contributed by atoms with Crippen LogP contribution in [0.3, 0.4) is 0 Å². The van der Waals surface area contributed by atoms with E-state index in [1.54, 1.807) is 11.3 Å². The Morgan fingerprint density at radius 3 is 2.41 bits per heavy atom. The van der Waals surface area contributed by atoms with Crippen LogP contribution in [0.1, 0.15) is 30.7 Å². The summed E-state index contributed by atoms with van der Waals surface area (Å²) in [6, 6.07) is 22.4. The number of aliphatic hydroxyl groups is 1. The Bertz CT molecular complexity index is 1840. The van der Waals surface area contributed by atoms with Crippen molar-refractivity contribution < 1.29 is 34.4 Å². The van der Waals surface area contributed by atoms with Gasteiger partial charge in [0.2, 0.25) is 5.71 Å². The quantitative estimate of drug-likeness (QED) is 0.113. The molecule has 0 fully saturated rings. The molecule has 0 aliphatic heterocycles. The van der Waals surface area contributed by atoms with E-state index in [9.17, 15) is 4.79 Å². The molecule has 1 N–H and O–H groups in total. The topological polar surface area (TPSA) is 76.2 Å². The van der Waals surface area contributed by atoms with Crippen molar-refractivity contribution in [3.63, 3.8) is 0 Å². The van der Waals surface area contributed by atoms with Crippen LogP contribution in [-0.2, 0) is 24.9 Å². The minimum Gasteiger partial charge on any atom is -0.512 e. The van der Waals surface area contributed by atoms with E-state index in [-0.39, 0.29) is 31.6 Å². The molecule has 0 unspecified atom stereocenters. The molecule has 0 aliphatic carbocycles. The minimum atomic E-state index is -0.125. The Hall–Kier alpha value is -3.64. The molecule has 0 amide bonds. The van der Waals surface area contributed by atoms with Crippen LogP contribution in [0.15, 0.2) is 77.0 Å². The number of aliphatic hydroxyl groups excluding tert-OH is 1. The number of nitrogens with zero attached hydrogens (tertiary/aromatic N) is 2. The van der Waals surface area contributed by atoms with Crippen molar-refractivity contribution in [3.8, 4) is 21.7 Å². The third-order valence-electron chi connectivity index (χ3n) is 6.01. The summed E-state index contributed by atoms with van der Waals surface area (Å²) in [6.45, 7) is 9.10. The zero-order chi connectivity index (χ0) is 27.0. The van der Waals surface area contributed by atoms with Crippen molar-refractivity contribution in [1.82, 2.24) is 9.97 Å². The molecule has 4 heterocycles. The maximum absolute atomic E-state index is 10.0. The zero-order valence-electron chi connectivity index (χ0n) is 22.3. The molecular weight excluding hydrogens is 685 g/mol. The van der Waals surface area contributed by atoms with Crippen molar-refractivity contribution >= 4 is 49.3 Å². The molecular formula is C32H27IrN2O3S-. The Labute approximate surface area is 244 Å². The first-order chi connectivity index (χ1) is 18.2. The van der Waals surface area contributed by atoms with E-state index < -0.39 is 0 Å². The first kappa shape index (κ1) is 28.4. The largest absolute Gasteiger partial charge is 0.512 e. The van der Waals surface area contributed by atoms with Crippen LogP contribution in [0.25, 0.3) is 53.9 Å². The molecule has 199 valence electrons. The normalized spacial score (nSPS) is 11.4. The predicted octanol–water partition coefficient (Wildman–Crippen LogP) is 8.68. The number of carbonyl (C=O) groups excluding carboxylic acids is 1. The Morgan fingerprint density at radius 2 is 1.74 bits per heavy atom. The number of aryl methyl sites for hydroxylation is 3. The SMILES string of the molecule is CC(=O)/C=C(/C)O.Cc1cc(C)cc(-c2cc3cnc(-c4[c-]ccc5c4oc4nc(C)ccc45)cc3s2)c1.[Ir]. The summed E-state index contributed by atoms with van der Waals surface area (Å²) >= 11 is 1.79. The van der Waals surface area contributed by atoms with Crippen LogP contribution in [0.5, 0.6) is 0 Å². The van der Waals surface area contributed by atoms with Crippen molar-refractivity contribution in [2.75, 3.05) is 0 Å². The second kappa shape index (κ2) is 11.6. The number of thiophene rings is 1. The van der Waals surface area contributed by atoms with E-state index >= 15 is 0 Å². The van der Waals surface area contributed by atoms with Crippen molar-refractivity contribution in [3.05, 3.63) is 95.5 Å². The van der Waals surface area contributed by atoms with Gasteiger partial charge in [-0.25, -0.2) is 4.98 Å². The average Bonchev–Trinajstić information content (AvgIpc) is 3.43. The van der Waals surface area contributed by atoms with E-state index in [0.717, 1.165) is 38.7 Å². The number of allylic oxidation sites excluding steroid dienone is 2. The van der Waals surface area contributed by atoms with E-state index in [0.29, 0.717) is 5.71 Å². The zero-order valence-corrected chi connectivity index (χ0v) is 25.5. The fourth-order valence-corrected chi connectivity index (χ4v) is 5.59. The van der Waals surface area contributed by atoms with Gasteiger partial charge in [-0.15, -0.1) is 29.5 Å². The summed E-state index contributed by atoms with van der Waals surface area (Å²) in [6.07, 6.45) is 3.12. The summed E-state index contributed by atoms with van der Waals surface area (Å²) < 4.78 is 7.36. The number of hydrogen-bond donors (Lipinski definition) is 1. The molecule has 7 heteroatoms. The van der Waals surface area contributed by atoms with Gasteiger partial charge in [-0.05, 0) is 64.1 Å². The van der Waals surface area contributed by atoms with Crippen LogP contribution in [0, 0.1) is 26.8 Å². The molecule has 0 saturated carbocycles. The number of rotatable bonds is 3. The number of pyridine rings is 2. The first-order valence-electron chi connectivity index (χ1n) is 12.2. The Kier molecular flexibility index (Phi) is 8.45. The molecule has 1 radical (unpaired) electrons. The Balaban J connectivity index is 0.000000394. The van der Waals surface area contributed by atoms with Gasteiger partial charge in [0.15, 0.2) is 5.78 Å². The van der Waals surface area contributed by atoms with Crippen LogP contribution in [0.4, 0.5) is 0 Å².